The van der Waals surface area contributed by atoms with Gasteiger partial charge in [-0.2, -0.15) is 13.2 Å². The molecule has 1 N–H and O–H groups in total. The molecule has 7 heteroatoms. The minimum Gasteiger partial charge on any atom is -0.477 e. The second kappa shape index (κ2) is 3.92. The Labute approximate surface area is 87.7 Å². The van der Waals surface area contributed by atoms with Crippen LogP contribution in [0, 0.1) is 0 Å². The molecule has 0 radical (unpaired) electrons. The summed E-state index contributed by atoms with van der Waals surface area (Å²) in [6, 6.07) is 1.33. The lowest BCUT2D eigenvalue weighted by Crippen LogP contribution is -2.14. The van der Waals surface area contributed by atoms with E-state index in [1.807, 2.05) is 0 Å². The molecule has 0 spiro atoms. The van der Waals surface area contributed by atoms with Crippen molar-refractivity contribution in [2.75, 3.05) is 0 Å². The summed E-state index contributed by atoms with van der Waals surface area (Å²) in [4.78, 5) is 24.3. The summed E-state index contributed by atoms with van der Waals surface area (Å²) >= 11 is 0. The predicted molar refractivity (Wildman–Crippen MR) is 46.2 cm³/mol. The van der Waals surface area contributed by atoms with E-state index in [1.54, 1.807) is 0 Å². The molecular weight excluding hydrogens is 227 g/mol. The fourth-order valence-electron chi connectivity index (χ4n) is 0.989. The average molecular weight is 233 g/mol. The van der Waals surface area contributed by atoms with E-state index >= 15 is 0 Å². The van der Waals surface area contributed by atoms with Gasteiger partial charge in [0.1, 0.15) is 11.4 Å². The number of aromatic carboxylic acids is 1. The molecule has 0 unspecified atom stereocenters. The van der Waals surface area contributed by atoms with E-state index in [0.717, 1.165) is 13.0 Å². The van der Waals surface area contributed by atoms with Crippen LogP contribution in [-0.2, 0) is 6.18 Å². The molecule has 0 fully saturated rings. The van der Waals surface area contributed by atoms with Crippen LogP contribution in [0.4, 0.5) is 13.2 Å². The third-order valence-corrected chi connectivity index (χ3v) is 1.74. The third-order valence-electron chi connectivity index (χ3n) is 1.74. The first-order valence-electron chi connectivity index (χ1n) is 4.05. The molecule has 1 aromatic heterocycles. The van der Waals surface area contributed by atoms with Crippen molar-refractivity contribution >= 4 is 11.8 Å². The van der Waals surface area contributed by atoms with E-state index in [2.05, 4.69) is 4.98 Å². The van der Waals surface area contributed by atoms with Crippen LogP contribution < -0.4 is 0 Å². The van der Waals surface area contributed by atoms with Crippen LogP contribution in [0.5, 0.6) is 0 Å². The number of Topliss-reactive ketones (excluding diaryl/α,β-unsaturated/α-hetero) is 1. The lowest BCUT2D eigenvalue weighted by molar-refractivity contribution is -0.141. The summed E-state index contributed by atoms with van der Waals surface area (Å²) in [6.07, 6.45) is -4.78. The Balaban J connectivity index is 3.42. The van der Waals surface area contributed by atoms with E-state index in [0.29, 0.717) is 6.07 Å². The standard InChI is InChI=1S/C9H6F3NO3/c1-4(14)5-2-6(8(15)16)13-7(3-5)9(10,11)12/h2-3H,1H3,(H,15,16). The van der Waals surface area contributed by atoms with Crippen molar-refractivity contribution in [3.63, 3.8) is 0 Å². The first-order chi connectivity index (χ1) is 7.21. The van der Waals surface area contributed by atoms with Crippen LogP contribution in [-0.4, -0.2) is 21.8 Å². The zero-order valence-corrected chi connectivity index (χ0v) is 8.00. The minimum absolute atomic E-state index is 0.334. The first-order valence-corrected chi connectivity index (χ1v) is 4.05. The summed E-state index contributed by atoms with van der Waals surface area (Å²) in [6.45, 7) is 1.04. The normalized spacial score (nSPS) is 11.2. The first kappa shape index (κ1) is 12.2. The number of aromatic nitrogens is 1. The fourth-order valence-corrected chi connectivity index (χ4v) is 0.989. The van der Waals surface area contributed by atoms with Gasteiger partial charge < -0.3 is 5.11 Å². The largest absolute Gasteiger partial charge is 0.477 e. The molecule has 0 aliphatic carbocycles. The van der Waals surface area contributed by atoms with Gasteiger partial charge in [0.15, 0.2) is 5.78 Å². The lowest BCUT2D eigenvalue weighted by Gasteiger charge is -2.07. The van der Waals surface area contributed by atoms with Gasteiger partial charge in [0.25, 0.3) is 0 Å². The fraction of sp³-hybridized carbons (Fsp3) is 0.222. The van der Waals surface area contributed by atoms with Gasteiger partial charge in [0, 0.05) is 5.56 Å². The van der Waals surface area contributed by atoms with Crippen molar-refractivity contribution in [1.29, 1.82) is 0 Å². The number of hydrogen-bond donors (Lipinski definition) is 1. The van der Waals surface area contributed by atoms with E-state index in [-0.39, 0.29) is 5.56 Å². The van der Waals surface area contributed by atoms with Gasteiger partial charge in [-0.05, 0) is 19.1 Å². The molecule has 86 valence electrons. The SMILES string of the molecule is CC(=O)c1cc(C(=O)O)nc(C(F)(F)F)c1. The summed E-state index contributed by atoms with van der Waals surface area (Å²) in [7, 11) is 0. The van der Waals surface area contributed by atoms with E-state index in [9.17, 15) is 22.8 Å². The number of carboxylic acids is 1. The molecule has 0 atom stereocenters. The summed E-state index contributed by atoms with van der Waals surface area (Å²) < 4.78 is 36.9. The van der Waals surface area contributed by atoms with Gasteiger partial charge in [0.05, 0.1) is 0 Å². The monoisotopic (exact) mass is 233 g/mol. The highest BCUT2D eigenvalue weighted by Crippen LogP contribution is 2.28. The van der Waals surface area contributed by atoms with Crippen molar-refractivity contribution in [2.45, 2.75) is 13.1 Å². The quantitative estimate of drug-likeness (QED) is 0.793. The van der Waals surface area contributed by atoms with Crippen LogP contribution in [0.15, 0.2) is 12.1 Å². The molecule has 1 heterocycles. The van der Waals surface area contributed by atoms with Crippen LogP contribution >= 0.6 is 0 Å². The maximum absolute atomic E-state index is 12.3. The van der Waals surface area contributed by atoms with Gasteiger partial charge in [-0.25, -0.2) is 9.78 Å². The Kier molecular flexibility index (Phi) is 2.97. The number of pyridine rings is 1. The number of ketones is 1. The number of carbonyl (C=O) groups is 2. The van der Waals surface area contributed by atoms with Gasteiger partial charge in [0.2, 0.25) is 0 Å². The van der Waals surface area contributed by atoms with E-state index < -0.39 is 29.3 Å². The molecule has 0 aromatic carbocycles. The van der Waals surface area contributed by atoms with Crippen LogP contribution in [0.25, 0.3) is 0 Å². The molecule has 0 aliphatic heterocycles. The van der Waals surface area contributed by atoms with Crippen molar-refractivity contribution in [3.05, 3.63) is 29.1 Å². The lowest BCUT2D eigenvalue weighted by atomic mass is 10.1. The molecular formula is C9H6F3NO3. The predicted octanol–water partition coefficient (Wildman–Crippen LogP) is 2.00. The molecule has 0 saturated heterocycles. The number of carboxylic acid groups (broad SMARTS) is 1. The number of rotatable bonds is 2. The van der Waals surface area contributed by atoms with E-state index in [4.69, 9.17) is 5.11 Å². The Morgan fingerprint density at radius 3 is 2.25 bits per heavy atom. The van der Waals surface area contributed by atoms with Crippen molar-refractivity contribution < 1.29 is 27.9 Å². The highest BCUT2D eigenvalue weighted by molar-refractivity contribution is 5.96. The van der Waals surface area contributed by atoms with Gasteiger partial charge in [-0.3, -0.25) is 4.79 Å². The zero-order valence-electron chi connectivity index (χ0n) is 8.00. The van der Waals surface area contributed by atoms with Crippen molar-refractivity contribution in [3.8, 4) is 0 Å². The van der Waals surface area contributed by atoms with Crippen molar-refractivity contribution in [2.24, 2.45) is 0 Å². The van der Waals surface area contributed by atoms with Gasteiger partial charge in [-0.15, -0.1) is 0 Å². The highest BCUT2D eigenvalue weighted by atomic mass is 19.4. The van der Waals surface area contributed by atoms with Gasteiger partial charge in [-0.1, -0.05) is 0 Å². The number of carbonyl (C=O) groups excluding carboxylic acids is 1. The molecule has 1 aromatic rings. The molecule has 0 amide bonds. The molecule has 0 bridgehead atoms. The smallest absolute Gasteiger partial charge is 0.433 e. The average Bonchev–Trinajstić information content (AvgIpc) is 2.15. The molecule has 0 saturated carbocycles. The topological polar surface area (TPSA) is 67.3 Å². The second-order valence-corrected chi connectivity index (χ2v) is 2.99. The number of alkyl halides is 3. The number of hydrogen-bond acceptors (Lipinski definition) is 3. The minimum atomic E-state index is -4.78. The Morgan fingerprint density at radius 1 is 1.31 bits per heavy atom. The third kappa shape index (κ3) is 2.56. The Bertz CT molecular complexity index is 422. The maximum atomic E-state index is 12.3. The Morgan fingerprint density at radius 2 is 1.88 bits per heavy atom. The number of halogens is 3. The molecule has 4 nitrogen and oxygen atoms in total. The second-order valence-electron chi connectivity index (χ2n) is 2.99. The van der Waals surface area contributed by atoms with Gasteiger partial charge >= 0.3 is 12.1 Å². The van der Waals surface area contributed by atoms with Crippen LogP contribution in [0.3, 0.4) is 0 Å². The molecule has 16 heavy (non-hydrogen) atoms. The van der Waals surface area contributed by atoms with Crippen molar-refractivity contribution in [1.82, 2.24) is 4.98 Å². The number of nitrogens with zero attached hydrogens (tertiary/aromatic N) is 1. The molecule has 0 aliphatic rings. The Hall–Kier alpha value is -1.92. The summed E-state index contributed by atoms with van der Waals surface area (Å²) in [5, 5.41) is 8.54. The highest BCUT2D eigenvalue weighted by Gasteiger charge is 2.34. The van der Waals surface area contributed by atoms with Crippen LogP contribution in [0.1, 0.15) is 33.5 Å². The molecule has 1 rings (SSSR count). The maximum Gasteiger partial charge on any atom is 0.433 e. The van der Waals surface area contributed by atoms with E-state index in [1.165, 1.54) is 0 Å². The summed E-state index contributed by atoms with van der Waals surface area (Å²) in [5.74, 6) is -2.27. The zero-order chi connectivity index (χ0) is 12.5. The summed E-state index contributed by atoms with van der Waals surface area (Å²) in [5.41, 5.74) is -2.53. The van der Waals surface area contributed by atoms with Crippen LogP contribution in [0.2, 0.25) is 0 Å².